The summed E-state index contributed by atoms with van der Waals surface area (Å²) >= 11 is 0. The van der Waals surface area contributed by atoms with Gasteiger partial charge in [0, 0.05) is 18.5 Å². The molecule has 22 heavy (non-hydrogen) atoms. The minimum Gasteiger partial charge on any atom is -0.462 e. The zero-order chi connectivity index (χ0) is 15.8. The Kier molecular flexibility index (Phi) is 5.43. The molecule has 2 aromatic rings. The number of amides is 1. The van der Waals surface area contributed by atoms with Crippen LogP contribution in [0, 0.1) is 0 Å². The first-order valence-corrected chi connectivity index (χ1v) is 6.86. The zero-order valence-corrected chi connectivity index (χ0v) is 12.2. The summed E-state index contributed by atoms with van der Waals surface area (Å²) in [6.45, 7) is 2.01. The Bertz CT molecular complexity index is 681. The lowest BCUT2D eigenvalue weighted by Gasteiger charge is -2.08. The number of esters is 1. The first kappa shape index (κ1) is 15.4. The van der Waals surface area contributed by atoms with Crippen molar-refractivity contribution < 1.29 is 14.3 Å². The Morgan fingerprint density at radius 1 is 1.23 bits per heavy atom. The van der Waals surface area contributed by atoms with Crippen LogP contribution in [0.25, 0.3) is 6.08 Å². The topological polar surface area (TPSA) is 68.3 Å². The summed E-state index contributed by atoms with van der Waals surface area (Å²) in [6, 6.07) is 10.3. The fourth-order valence-corrected chi connectivity index (χ4v) is 1.80. The van der Waals surface area contributed by atoms with Crippen LogP contribution in [0.4, 0.5) is 5.69 Å². The van der Waals surface area contributed by atoms with E-state index in [2.05, 4.69) is 10.3 Å². The maximum atomic E-state index is 11.9. The molecule has 0 unspecified atom stereocenters. The second-order valence-corrected chi connectivity index (χ2v) is 4.37. The zero-order valence-electron chi connectivity index (χ0n) is 12.2. The molecule has 0 saturated heterocycles. The van der Waals surface area contributed by atoms with Crippen LogP contribution in [0.1, 0.15) is 22.8 Å². The van der Waals surface area contributed by atoms with Gasteiger partial charge >= 0.3 is 5.97 Å². The number of hydrogen-bond acceptors (Lipinski definition) is 4. The monoisotopic (exact) mass is 296 g/mol. The van der Waals surface area contributed by atoms with Crippen molar-refractivity contribution in [2.45, 2.75) is 6.92 Å². The van der Waals surface area contributed by atoms with Crippen molar-refractivity contribution in [2.24, 2.45) is 0 Å². The van der Waals surface area contributed by atoms with Crippen molar-refractivity contribution in [2.75, 3.05) is 11.9 Å². The van der Waals surface area contributed by atoms with Gasteiger partial charge in [0.15, 0.2) is 0 Å². The first-order valence-electron chi connectivity index (χ1n) is 6.86. The van der Waals surface area contributed by atoms with Gasteiger partial charge in [0.05, 0.1) is 17.9 Å². The number of carbonyl (C=O) groups is 2. The first-order chi connectivity index (χ1) is 10.7. The lowest BCUT2D eigenvalue weighted by Crippen LogP contribution is -2.13. The van der Waals surface area contributed by atoms with Crippen LogP contribution < -0.4 is 5.32 Å². The molecule has 1 heterocycles. The second-order valence-electron chi connectivity index (χ2n) is 4.37. The molecule has 1 N–H and O–H groups in total. The number of rotatable bonds is 5. The molecule has 0 fully saturated rings. The summed E-state index contributed by atoms with van der Waals surface area (Å²) in [4.78, 5) is 27.7. The van der Waals surface area contributed by atoms with E-state index in [1.54, 1.807) is 55.7 Å². The standard InChI is InChI=1S/C17H16N2O3/c1-2-22-17(21)14-7-3-4-8-15(14)19-16(20)10-9-13-6-5-11-18-12-13/h3-12H,2H2,1H3,(H,19,20)/b10-9+. The number of aromatic nitrogens is 1. The van der Waals surface area contributed by atoms with Gasteiger partial charge in [-0.25, -0.2) is 4.79 Å². The number of nitrogens with one attached hydrogen (secondary N) is 1. The summed E-state index contributed by atoms with van der Waals surface area (Å²) in [5.74, 6) is -0.796. The summed E-state index contributed by atoms with van der Waals surface area (Å²) in [7, 11) is 0. The van der Waals surface area contributed by atoms with E-state index >= 15 is 0 Å². The number of pyridine rings is 1. The van der Waals surface area contributed by atoms with Gasteiger partial charge in [0.1, 0.15) is 0 Å². The van der Waals surface area contributed by atoms with Crippen LogP contribution in [-0.4, -0.2) is 23.5 Å². The SMILES string of the molecule is CCOC(=O)c1ccccc1NC(=O)/C=C/c1cccnc1. The van der Waals surface area contributed by atoms with Crippen molar-refractivity contribution >= 4 is 23.6 Å². The normalized spacial score (nSPS) is 10.4. The van der Waals surface area contributed by atoms with E-state index in [4.69, 9.17) is 4.74 Å². The quantitative estimate of drug-likeness (QED) is 0.680. The average Bonchev–Trinajstić information content (AvgIpc) is 2.54. The third-order valence-electron chi connectivity index (χ3n) is 2.79. The number of benzene rings is 1. The highest BCUT2D eigenvalue weighted by Gasteiger charge is 2.12. The van der Waals surface area contributed by atoms with Gasteiger partial charge in [0.25, 0.3) is 0 Å². The fourth-order valence-electron chi connectivity index (χ4n) is 1.80. The highest BCUT2D eigenvalue weighted by atomic mass is 16.5. The molecule has 5 heteroatoms. The van der Waals surface area contributed by atoms with Gasteiger partial charge < -0.3 is 10.1 Å². The van der Waals surface area contributed by atoms with E-state index in [1.165, 1.54) is 6.08 Å². The molecular formula is C17H16N2O3. The van der Waals surface area contributed by atoms with Crippen molar-refractivity contribution in [1.29, 1.82) is 0 Å². The number of carbonyl (C=O) groups excluding carboxylic acids is 2. The molecule has 0 bridgehead atoms. The maximum absolute atomic E-state index is 11.9. The number of hydrogen-bond donors (Lipinski definition) is 1. The van der Waals surface area contributed by atoms with Gasteiger partial charge in [-0.05, 0) is 36.8 Å². The molecule has 0 aliphatic rings. The third-order valence-corrected chi connectivity index (χ3v) is 2.79. The van der Waals surface area contributed by atoms with Crippen LogP contribution in [0.2, 0.25) is 0 Å². The maximum Gasteiger partial charge on any atom is 0.340 e. The van der Waals surface area contributed by atoms with Crippen LogP contribution in [-0.2, 0) is 9.53 Å². The molecule has 2 rings (SSSR count). The summed E-state index contributed by atoms with van der Waals surface area (Å²) in [5, 5.41) is 2.67. The molecule has 1 amide bonds. The molecule has 0 spiro atoms. The third kappa shape index (κ3) is 4.28. The number of anilines is 1. The number of ether oxygens (including phenoxy) is 1. The molecule has 112 valence electrons. The van der Waals surface area contributed by atoms with Crippen molar-refractivity contribution in [3.63, 3.8) is 0 Å². The van der Waals surface area contributed by atoms with Crippen LogP contribution in [0.15, 0.2) is 54.9 Å². The molecule has 5 nitrogen and oxygen atoms in total. The van der Waals surface area contributed by atoms with Crippen molar-refractivity contribution in [3.05, 3.63) is 66.0 Å². The predicted molar refractivity (Wildman–Crippen MR) is 84.3 cm³/mol. The average molecular weight is 296 g/mol. The predicted octanol–water partition coefficient (Wildman–Crippen LogP) is 2.91. The Labute approximate surface area is 128 Å². The van der Waals surface area contributed by atoms with Gasteiger partial charge in [-0.3, -0.25) is 9.78 Å². The molecule has 0 aliphatic heterocycles. The summed E-state index contributed by atoms with van der Waals surface area (Å²) < 4.78 is 4.96. The lowest BCUT2D eigenvalue weighted by molar-refractivity contribution is -0.111. The molecule has 1 aromatic heterocycles. The van der Waals surface area contributed by atoms with Crippen LogP contribution >= 0.6 is 0 Å². The smallest absolute Gasteiger partial charge is 0.340 e. The van der Waals surface area contributed by atoms with Gasteiger partial charge in [0.2, 0.25) is 5.91 Å². The Morgan fingerprint density at radius 3 is 2.77 bits per heavy atom. The van der Waals surface area contributed by atoms with E-state index in [0.717, 1.165) is 5.56 Å². The van der Waals surface area contributed by atoms with Crippen molar-refractivity contribution in [3.8, 4) is 0 Å². The largest absolute Gasteiger partial charge is 0.462 e. The lowest BCUT2D eigenvalue weighted by atomic mass is 10.1. The van der Waals surface area contributed by atoms with Crippen LogP contribution in [0.5, 0.6) is 0 Å². The molecular weight excluding hydrogens is 280 g/mol. The van der Waals surface area contributed by atoms with Crippen LogP contribution in [0.3, 0.4) is 0 Å². The van der Waals surface area contributed by atoms with E-state index in [0.29, 0.717) is 11.3 Å². The minimum atomic E-state index is -0.463. The van der Waals surface area contributed by atoms with E-state index in [-0.39, 0.29) is 12.5 Å². The highest BCUT2D eigenvalue weighted by molar-refractivity contribution is 6.06. The Hall–Kier alpha value is -2.95. The van der Waals surface area contributed by atoms with Crippen molar-refractivity contribution in [1.82, 2.24) is 4.98 Å². The van der Waals surface area contributed by atoms with E-state index < -0.39 is 5.97 Å². The molecule has 1 aromatic carbocycles. The Morgan fingerprint density at radius 2 is 2.05 bits per heavy atom. The molecule has 0 atom stereocenters. The fraction of sp³-hybridized carbons (Fsp3) is 0.118. The minimum absolute atomic E-state index is 0.280. The summed E-state index contributed by atoms with van der Waals surface area (Å²) in [6.07, 6.45) is 6.34. The number of para-hydroxylation sites is 1. The van der Waals surface area contributed by atoms with Gasteiger partial charge in [-0.15, -0.1) is 0 Å². The number of nitrogens with zero attached hydrogens (tertiary/aromatic N) is 1. The molecule has 0 radical (unpaired) electrons. The van der Waals surface area contributed by atoms with E-state index in [9.17, 15) is 9.59 Å². The Balaban J connectivity index is 2.09. The second kappa shape index (κ2) is 7.73. The van der Waals surface area contributed by atoms with E-state index in [1.807, 2.05) is 6.07 Å². The van der Waals surface area contributed by atoms with Gasteiger partial charge in [-0.2, -0.15) is 0 Å². The molecule has 0 aliphatic carbocycles. The molecule has 0 saturated carbocycles. The van der Waals surface area contributed by atoms with Gasteiger partial charge in [-0.1, -0.05) is 18.2 Å². The summed E-state index contributed by atoms with van der Waals surface area (Å²) in [5.41, 5.74) is 1.56. The highest BCUT2D eigenvalue weighted by Crippen LogP contribution is 2.16.